The molecule has 3 heteroatoms. The Morgan fingerprint density at radius 3 is 2.19 bits per heavy atom. The second kappa shape index (κ2) is 5.03. The topological polar surface area (TPSA) is 35.2 Å². The van der Waals surface area contributed by atoms with E-state index in [1.807, 2.05) is 48.5 Å². The quantitative estimate of drug-likeness (QED) is 0.870. The monoisotopic (exact) mass is 277 g/mol. The van der Waals surface area contributed by atoms with Gasteiger partial charge in [-0.2, -0.15) is 0 Å². The molecule has 0 amide bonds. The number of nitrogens with two attached hydrogens (primary N) is 1. The van der Waals surface area contributed by atoms with Crippen LogP contribution in [0.4, 0.5) is 5.69 Å². The summed E-state index contributed by atoms with van der Waals surface area (Å²) < 4.78 is 6.67. The van der Waals surface area contributed by atoms with E-state index < -0.39 is 0 Å². The molecule has 0 saturated carbocycles. The molecule has 0 bridgehead atoms. The molecule has 0 atom stereocenters. The lowest BCUT2D eigenvalue weighted by atomic mass is 10.2. The zero-order valence-electron chi connectivity index (χ0n) is 8.69. The fourth-order valence-corrected chi connectivity index (χ4v) is 1.58. The fourth-order valence-electron chi connectivity index (χ4n) is 1.31. The minimum absolute atomic E-state index is 0.557. The Hall–Kier alpha value is -1.48. The van der Waals surface area contributed by atoms with E-state index in [9.17, 15) is 0 Å². The maximum absolute atomic E-state index is 5.63. The summed E-state index contributed by atoms with van der Waals surface area (Å²) in [6, 6.07) is 15.5. The molecule has 2 rings (SSSR count). The molecule has 0 aliphatic carbocycles. The first-order chi connectivity index (χ1) is 7.74. The largest absolute Gasteiger partial charge is 0.489 e. The highest BCUT2D eigenvalue weighted by Crippen LogP contribution is 2.17. The van der Waals surface area contributed by atoms with Gasteiger partial charge in [-0.05, 0) is 42.0 Å². The Kier molecular flexibility index (Phi) is 3.47. The molecule has 2 N–H and O–H groups in total. The molecule has 0 spiro atoms. The Bertz CT molecular complexity index is 405. The first kappa shape index (κ1) is 11.0. The lowest BCUT2D eigenvalue weighted by Gasteiger charge is -2.06. The Labute approximate surface area is 103 Å². The molecule has 0 aliphatic rings. The second-order valence-corrected chi connectivity index (χ2v) is 4.40. The van der Waals surface area contributed by atoms with E-state index in [2.05, 4.69) is 15.9 Å². The van der Waals surface area contributed by atoms with Gasteiger partial charge in [-0.25, -0.2) is 0 Å². The predicted molar refractivity (Wildman–Crippen MR) is 69.3 cm³/mol. The zero-order chi connectivity index (χ0) is 11.4. The van der Waals surface area contributed by atoms with E-state index in [0.717, 1.165) is 21.5 Å². The van der Waals surface area contributed by atoms with Crippen molar-refractivity contribution in [3.63, 3.8) is 0 Å². The number of halogens is 1. The van der Waals surface area contributed by atoms with Crippen LogP contribution >= 0.6 is 15.9 Å². The summed E-state index contributed by atoms with van der Waals surface area (Å²) in [4.78, 5) is 0. The van der Waals surface area contributed by atoms with E-state index in [1.165, 1.54) is 0 Å². The average molecular weight is 278 g/mol. The molecule has 16 heavy (non-hydrogen) atoms. The Morgan fingerprint density at radius 2 is 1.56 bits per heavy atom. The number of hydrogen-bond acceptors (Lipinski definition) is 2. The highest BCUT2D eigenvalue weighted by Gasteiger charge is 1.95. The van der Waals surface area contributed by atoms with Crippen molar-refractivity contribution in [2.24, 2.45) is 0 Å². The molecule has 0 saturated heterocycles. The van der Waals surface area contributed by atoms with E-state index in [1.54, 1.807) is 0 Å². The molecule has 0 aromatic heterocycles. The minimum Gasteiger partial charge on any atom is -0.489 e. The molecule has 0 heterocycles. The molecule has 2 aromatic rings. The number of nitrogen functional groups attached to an aromatic ring is 1. The van der Waals surface area contributed by atoms with Gasteiger partial charge in [0.15, 0.2) is 0 Å². The van der Waals surface area contributed by atoms with E-state index >= 15 is 0 Å². The molecule has 0 aliphatic heterocycles. The van der Waals surface area contributed by atoms with Crippen LogP contribution in [0.25, 0.3) is 0 Å². The highest BCUT2D eigenvalue weighted by molar-refractivity contribution is 9.10. The van der Waals surface area contributed by atoms with Crippen LogP contribution in [0, 0.1) is 0 Å². The van der Waals surface area contributed by atoms with Crippen molar-refractivity contribution in [1.29, 1.82) is 0 Å². The maximum atomic E-state index is 5.63. The van der Waals surface area contributed by atoms with E-state index in [4.69, 9.17) is 10.5 Å². The van der Waals surface area contributed by atoms with E-state index in [-0.39, 0.29) is 0 Å². The number of anilines is 1. The number of rotatable bonds is 3. The van der Waals surface area contributed by atoms with Gasteiger partial charge in [0.05, 0.1) is 0 Å². The van der Waals surface area contributed by atoms with Gasteiger partial charge in [0.25, 0.3) is 0 Å². The molecule has 0 fully saturated rings. The summed E-state index contributed by atoms with van der Waals surface area (Å²) >= 11 is 3.38. The minimum atomic E-state index is 0.557. The van der Waals surface area contributed by atoms with Gasteiger partial charge in [-0.1, -0.05) is 28.1 Å². The SMILES string of the molecule is Nc1ccc(COc2ccc(Br)cc2)cc1. The van der Waals surface area contributed by atoms with Crippen LogP contribution < -0.4 is 10.5 Å². The third kappa shape index (κ3) is 3.00. The molecule has 0 unspecified atom stereocenters. The Morgan fingerprint density at radius 1 is 0.938 bits per heavy atom. The van der Waals surface area contributed by atoms with Gasteiger partial charge in [0, 0.05) is 10.2 Å². The van der Waals surface area contributed by atoms with Crippen molar-refractivity contribution in [3.8, 4) is 5.75 Å². The van der Waals surface area contributed by atoms with Crippen LogP contribution in [0.1, 0.15) is 5.56 Å². The molecule has 0 radical (unpaired) electrons. The van der Waals surface area contributed by atoms with Crippen molar-refractivity contribution >= 4 is 21.6 Å². The first-order valence-electron chi connectivity index (χ1n) is 4.97. The third-order valence-corrected chi connectivity index (χ3v) is 2.73. The van der Waals surface area contributed by atoms with Gasteiger partial charge >= 0.3 is 0 Å². The number of ether oxygens (including phenoxy) is 1. The van der Waals surface area contributed by atoms with Crippen molar-refractivity contribution in [2.75, 3.05) is 5.73 Å². The first-order valence-corrected chi connectivity index (χ1v) is 5.76. The van der Waals surface area contributed by atoms with Gasteiger partial charge in [0.1, 0.15) is 12.4 Å². The van der Waals surface area contributed by atoms with Crippen LogP contribution in [0.3, 0.4) is 0 Å². The standard InChI is InChI=1S/C13H12BrNO/c14-11-3-7-13(8-4-11)16-9-10-1-5-12(15)6-2-10/h1-8H,9,15H2. The predicted octanol–water partition coefficient (Wildman–Crippen LogP) is 3.61. The highest BCUT2D eigenvalue weighted by atomic mass is 79.9. The van der Waals surface area contributed by atoms with Crippen LogP contribution in [-0.4, -0.2) is 0 Å². The normalized spacial score (nSPS) is 10.1. The lowest BCUT2D eigenvalue weighted by Crippen LogP contribution is -1.95. The summed E-state index contributed by atoms with van der Waals surface area (Å²) in [6.45, 7) is 0.557. The summed E-state index contributed by atoms with van der Waals surface area (Å²) in [5.74, 6) is 0.861. The molecule has 82 valence electrons. The van der Waals surface area contributed by atoms with Gasteiger partial charge in [0.2, 0.25) is 0 Å². The zero-order valence-corrected chi connectivity index (χ0v) is 10.3. The number of benzene rings is 2. The van der Waals surface area contributed by atoms with Crippen LogP contribution in [0.5, 0.6) is 5.75 Å². The summed E-state index contributed by atoms with van der Waals surface area (Å²) in [6.07, 6.45) is 0. The molecular formula is C13H12BrNO. The second-order valence-electron chi connectivity index (χ2n) is 3.48. The van der Waals surface area contributed by atoms with E-state index in [0.29, 0.717) is 6.61 Å². The number of hydrogen-bond donors (Lipinski definition) is 1. The van der Waals surface area contributed by atoms with Crippen molar-refractivity contribution in [1.82, 2.24) is 0 Å². The molecular weight excluding hydrogens is 266 g/mol. The third-order valence-electron chi connectivity index (χ3n) is 2.20. The fraction of sp³-hybridized carbons (Fsp3) is 0.0769. The van der Waals surface area contributed by atoms with Crippen LogP contribution in [-0.2, 0) is 6.61 Å². The van der Waals surface area contributed by atoms with Crippen LogP contribution in [0.2, 0.25) is 0 Å². The van der Waals surface area contributed by atoms with Crippen molar-refractivity contribution in [3.05, 3.63) is 58.6 Å². The van der Waals surface area contributed by atoms with Gasteiger partial charge in [-0.15, -0.1) is 0 Å². The summed E-state index contributed by atoms with van der Waals surface area (Å²) in [5, 5.41) is 0. The summed E-state index contributed by atoms with van der Waals surface area (Å²) in [7, 11) is 0. The Balaban J connectivity index is 1.97. The van der Waals surface area contributed by atoms with Crippen molar-refractivity contribution in [2.45, 2.75) is 6.61 Å². The molecule has 2 aromatic carbocycles. The average Bonchev–Trinajstić information content (AvgIpc) is 2.30. The molecule has 2 nitrogen and oxygen atoms in total. The smallest absolute Gasteiger partial charge is 0.119 e. The van der Waals surface area contributed by atoms with Gasteiger partial charge in [-0.3, -0.25) is 0 Å². The maximum Gasteiger partial charge on any atom is 0.119 e. The van der Waals surface area contributed by atoms with Crippen LogP contribution in [0.15, 0.2) is 53.0 Å². The summed E-state index contributed by atoms with van der Waals surface area (Å²) in [5.41, 5.74) is 7.48. The van der Waals surface area contributed by atoms with Crippen molar-refractivity contribution < 1.29 is 4.74 Å². The lowest BCUT2D eigenvalue weighted by molar-refractivity contribution is 0.306. The van der Waals surface area contributed by atoms with Gasteiger partial charge < -0.3 is 10.5 Å².